The van der Waals surface area contributed by atoms with E-state index in [2.05, 4.69) is 6.92 Å². The van der Waals surface area contributed by atoms with Crippen LogP contribution in [0.5, 0.6) is 0 Å². The fourth-order valence-electron chi connectivity index (χ4n) is 4.80. The number of unbranched alkanes of at least 4 members (excludes halogenated alkanes) is 1. The molecule has 0 saturated carbocycles. The van der Waals surface area contributed by atoms with Crippen molar-refractivity contribution < 1.29 is 22.7 Å². The SMILES string of the molecule is CCCCC1CN(c2ccccc2)c2cc(SC)c(N(C)c3cccc(C(=O)O)c3F)cc2S(=O)(=O)N1C. The molecular formula is C28H32FN3O4S2. The number of carbonyl (C=O) groups is 1. The Labute approximate surface area is 227 Å². The van der Waals surface area contributed by atoms with Crippen LogP contribution in [0, 0.1) is 5.82 Å². The summed E-state index contributed by atoms with van der Waals surface area (Å²) in [5.74, 6) is -2.25. The molecule has 0 radical (unpaired) electrons. The van der Waals surface area contributed by atoms with Crippen LogP contribution in [0.4, 0.5) is 27.1 Å². The van der Waals surface area contributed by atoms with Crippen molar-refractivity contribution in [2.45, 2.75) is 42.0 Å². The molecule has 3 aromatic carbocycles. The predicted molar refractivity (Wildman–Crippen MR) is 151 cm³/mol. The van der Waals surface area contributed by atoms with Gasteiger partial charge in [0.2, 0.25) is 10.0 Å². The van der Waals surface area contributed by atoms with E-state index < -0.39 is 27.4 Å². The highest BCUT2D eigenvalue weighted by Gasteiger charge is 2.38. The Hall–Kier alpha value is -3.08. The molecule has 0 spiro atoms. The molecule has 202 valence electrons. The summed E-state index contributed by atoms with van der Waals surface area (Å²) in [5.41, 5.74) is 1.50. The van der Waals surface area contributed by atoms with Crippen LogP contribution in [0.3, 0.4) is 0 Å². The summed E-state index contributed by atoms with van der Waals surface area (Å²) in [6.45, 7) is 2.57. The molecule has 1 heterocycles. The smallest absolute Gasteiger partial charge is 0.338 e. The first-order valence-electron chi connectivity index (χ1n) is 12.4. The van der Waals surface area contributed by atoms with Crippen LogP contribution < -0.4 is 9.80 Å². The van der Waals surface area contributed by atoms with Gasteiger partial charge in [0.25, 0.3) is 0 Å². The molecule has 0 aliphatic carbocycles. The number of hydrogen-bond donors (Lipinski definition) is 1. The Kier molecular flexibility index (Phi) is 8.34. The van der Waals surface area contributed by atoms with E-state index in [9.17, 15) is 18.3 Å². The standard InChI is InChI=1S/C28H32FN3O4S2/c1-5-6-11-20-18-32(19-12-8-7-9-13-19)24-16-25(37-4)23(17-26(24)38(35,36)31(20)3)30(2)22-15-10-14-21(27(22)29)28(33)34/h7-10,12-17,20H,5-6,11,18H2,1-4H3,(H,33,34). The second kappa shape index (κ2) is 11.3. The minimum Gasteiger partial charge on any atom is -0.478 e. The molecule has 1 N–H and O–H groups in total. The molecule has 1 atom stereocenters. The molecule has 1 aliphatic heterocycles. The van der Waals surface area contributed by atoms with E-state index in [1.807, 2.05) is 47.6 Å². The van der Waals surface area contributed by atoms with E-state index in [1.165, 1.54) is 39.2 Å². The number of carboxylic acid groups (broad SMARTS) is 1. The maximum atomic E-state index is 15.2. The summed E-state index contributed by atoms with van der Waals surface area (Å²) in [7, 11) is -0.675. The number of nitrogens with zero attached hydrogens (tertiary/aromatic N) is 3. The number of para-hydroxylation sites is 1. The highest BCUT2D eigenvalue weighted by Crippen LogP contribution is 2.45. The van der Waals surface area contributed by atoms with Crippen molar-refractivity contribution in [2.24, 2.45) is 0 Å². The summed E-state index contributed by atoms with van der Waals surface area (Å²) in [6.07, 6.45) is 4.44. The average molecular weight is 558 g/mol. The number of carboxylic acids is 1. The Balaban J connectivity index is 1.95. The Morgan fingerprint density at radius 1 is 1.13 bits per heavy atom. The van der Waals surface area contributed by atoms with E-state index >= 15 is 4.39 Å². The first kappa shape index (κ1) is 27.9. The van der Waals surface area contributed by atoms with Crippen LogP contribution >= 0.6 is 11.8 Å². The van der Waals surface area contributed by atoms with Crippen molar-refractivity contribution in [3.63, 3.8) is 0 Å². The highest BCUT2D eigenvalue weighted by molar-refractivity contribution is 7.98. The lowest BCUT2D eigenvalue weighted by atomic mass is 10.1. The van der Waals surface area contributed by atoms with Gasteiger partial charge in [0.15, 0.2) is 5.82 Å². The third-order valence-corrected chi connectivity index (χ3v) is 9.71. The topological polar surface area (TPSA) is 81.2 Å². The fourth-order valence-corrected chi connectivity index (χ4v) is 7.00. The molecule has 0 aromatic heterocycles. The molecule has 0 fully saturated rings. The second-order valence-electron chi connectivity index (χ2n) is 9.26. The number of likely N-dealkylation sites (N-methyl/N-ethyl adjacent to an activating group) is 1. The monoisotopic (exact) mass is 557 g/mol. The number of fused-ring (bicyclic) bond motifs is 1. The van der Waals surface area contributed by atoms with Gasteiger partial charge in [0, 0.05) is 37.3 Å². The van der Waals surface area contributed by atoms with Crippen LogP contribution in [0.1, 0.15) is 36.5 Å². The van der Waals surface area contributed by atoms with Gasteiger partial charge in [-0.15, -0.1) is 11.8 Å². The number of sulfonamides is 1. The molecule has 0 saturated heterocycles. The Bertz CT molecular complexity index is 1430. The van der Waals surface area contributed by atoms with Gasteiger partial charge in [-0.1, -0.05) is 44.0 Å². The van der Waals surface area contributed by atoms with Gasteiger partial charge in [-0.05, 0) is 49.1 Å². The average Bonchev–Trinajstić information content (AvgIpc) is 2.99. The third-order valence-electron chi connectivity index (χ3n) is 7.01. The van der Waals surface area contributed by atoms with Crippen molar-refractivity contribution in [1.29, 1.82) is 0 Å². The molecule has 3 aromatic rings. The Morgan fingerprint density at radius 2 is 1.84 bits per heavy atom. The lowest BCUT2D eigenvalue weighted by Crippen LogP contribution is -2.40. The van der Waals surface area contributed by atoms with Gasteiger partial charge in [-0.2, -0.15) is 4.31 Å². The first-order chi connectivity index (χ1) is 18.1. The first-order valence-corrected chi connectivity index (χ1v) is 15.1. The van der Waals surface area contributed by atoms with Crippen molar-refractivity contribution in [1.82, 2.24) is 4.31 Å². The van der Waals surface area contributed by atoms with Crippen LogP contribution in [-0.2, 0) is 10.0 Å². The third kappa shape index (κ3) is 5.12. The zero-order chi connectivity index (χ0) is 27.6. The lowest BCUT2D eigenvalue weighted by molar-refractivity contribution is 0.0692. The number of thioether (sulfide) groups is 1. The van der Waals surface area contributed by atoms with Crippen LogP contribution in [0.2, 0.25) is 0 Å². The van der Waals surface area contributed by atoms with Crippen molar-refractivity contribution in [2.75, 3.05) is 36.7 Å². The molecule has 1 unspecified atom stereocenters. The summed E-state index contributed by atoms with van der Waals surface area (Å²) in [5, 5.41) is 9.40. The maximum Gasteiger partial charge on any atom is 0.338 e. The van der Waals surface area contributed by atoms with Gasteiger partial charge < -0.3 is 14.9 Å². The summed E-state index contributed by atoms with van der Waals surface area (Å²) < 4.78 is 44.7. The van der Waals surface area contributed by atoms with Crippen molar-refractivity contribution in [3.05, 3.63) is 72.0 Å². The predicted octanol–water partition coefficient (Wildman–Crippen LogP) is 6.34. The van der Waals surface area contributed by atoms with Crippen LogP contribution in [0.25, 0.3) is 0 Å². The number of anilines is 4. The second-order valence-corrected chi connectivity index (χ2v) is 12.1. The van der Waals surface area contributed by atoms with Crippen molar-refractivity contribution in [3.8, 4) is 0 Å². The quantitative estimate of drug-likeness (QED) is 0.324. The maximum absolute atomic E-state index is 15.2. The lowest BCUT2D eigenvalue weighted by Gasteiger charge is -2.30. The molecule has 1 aliphatic rings. The van der Waals surface area contributed by atoms with Crippen LogP contribution in [0.15, 0.2) is 70.5 Å². The number of benzene rings is 3. The minimum absolute atomic E-state index is 0.0419. The zero-order valence-corrected chi connectivity index (χ0v) is 23.5. The number of aromatic carboxylic acids is 1. The normalized spacial score (nSPS) is 17.1. The van der Waals surface area contributed by atoms with Gasteiger partial charge in [-0.25, -0.2) is 17.6 Å². The molecule has 0 bridgehead atoms. The van der Waals surface area contributed by atoms with Crippen molar-refractivity contribution >= 4 is 50.5 Å². The van der Waals surface area contributed by atoms with E-state index in [0.717, 1.165) is 29.8 Å². The molecule has 10 heteroatoms. The van der Waals surface area contributed by atoms with Crippen LogP contribution in [-0.4, -0.2) is 56.7 Å². The largest absolute Gasteiger partial charge is 0.478 e. The zero-order valence-electron chi connectivity index (χ0n) is 21.9. The van der Waals surface area contributed by atoms with Gasteiger partial charge >= 0.3 is 5.97 Å². The molecule has 7 nitrogen and oxygen atoms in total. The molecular weight excluding hydrogens is 525 g/mol. The number of rotatable bonds is 8. The highest BCUT2D eigenvalue weighted by atomic mass is 32.2. The van der Waals surface area contributed by atoms with Gasteiger partial charge in [-0.3, -0.25) is 0 Å². The van der Waals surface area contributed by atoms with Gasteiger partial charge in [0.05, 0.1) is 22.6 Å². The number of halogens is 1. The van der Waals surface area contributed by atoms with E-state index in [0.29, 0.717) is 17.9 Å². The molecule has 0 amide bonds. The minimum atomic E-state index is -3.90. The van der Waals surface area contributed by atoms with E-state index in [-0.39, 0.29) is 16.6 Å². The summed E-state index contributed by atoms with van der Waals surface area (Å²) in [6, 6.07) is 17.0. The molecule has 4 rings (SSSR count). The molecule has 38 heavy (non-hydrogen) atoms. The van der Waals surface area contributed by atoms with E-state index in [4.69, 9.17) is 0 Å². The van der Waals surface area contributed by atoms with E-state index in [1.54, 1.807) is 20.2 Å². The van der Waals surface area contributed by atoms with Gasteiger partial charge in [0.1, 0.15) is 4.90 Å². The summed E-state index contributed by atoms with van der Waals surface area (Å²) in [4.78, 5) is 15.9. The Morgan fingerprint density at radius 3 is 2.47 bits per heavy atom. The summed E-state index contributed by atoms with van der Waals surface area (Å²) >= 11 is 1.41. The number of hydrogen-bond acceptors (Lipinski definition) is 6. The fraction of sp³-hybridized carbons (Fsp3) is 0.321.